The third kappa shape index (κ3) is 4.05. The Kier molecular flexibility index (Phi) is 5.93. The normalized spacial score (nSPS) is 23.7. The molecule has 2 aliphatic rings. The van der Waals surface area contributed by atoms with Gasteiger partial charge in [-0.25, -0.2) is 4.79 Å². The van der Waals surface area contributed by atoms with E-state index in [4.69, 9.17) is 9.47 Å². The van der Waals surface area contributed by atoms with Gasteiger partial charge in [0.2, 0.25) is 0 Å². The summed E-state index contributed by atoms with van der Waals surface area (Å²) in [6.45, 7) is 2.71. The second-order valence-electron chi connectivity index (χ2n) is 7.63. The first-order chi connectivity index (χ1) is 13.8. The summed E-state index contributed by atoms with van der Waals surface area (Å²) >= 11 is 0. The molecule has 5 heteroatoms. The van der Waals surface area contributed by atoms with Crippen molar-refractivity contribution in [2.24, 2.45) is 0 Å². The van der Waals surface area contributed by atoms with E-state index in [-0.39, 0.29) is 18.7 Å². The van der Waals surface area contributed by atoms with Crippen LogP contribution in [-0.2, 0) is 22.5 Å². The average molecular weight is 380 g/mol. The predicted molar refractivity (Wildman–Crippen MR) is 108 cm³/mol. The molecule has 5 nitrogen and oxygen atoms in total. The Bertz CT molecular complexity index is 795. The van der Waals surface area contributed by atoms with Crippen molar-refractivity contribution in [1.82, 2.24) is 10.2 Å². The topological polar surface area (TPSA) is 50.8 Å². The maximum atomic E-state index is 12.5. The van der Waals surface area contributed by atoms with Gasteiger partial charge in [0, 0.05) is 32.2 Å². The largest absolute Gasteiger partial charge is 0.445 e. The Hall–Kier alpha value is -2.37. The van der Waals surface area contributed by atoms with Crippen LogP contribution in [0.2, 0.25) is 0 Å². The zero-order valence-electron chi connectivity index (χ0n) is 16.3. The van der Waals surface area contributed by atoms with Crippen LogP contribution >= 0.6 is 0 Å². The minimum atomic E-state index is -0.343. The van der Waals surface area contributed by atoms with Crippen LogP contribution < -0.4 is 5.32 Å². The molecule has 28 heavy (non-hydrogen) atoms. The maximum Gasteiger partial charge on any atom is 0.407 e. The van der Waals surface area contributed by atoms with Gasteiger partial charge in [-0.05, 0) is 29.5 Å². The van der Waals surface area contributed by atoms with Crippen LogP contribution in [0.1, 0.15) is 29.0 Å². The maximum absolute atomic E-state index is 12.5. The van der Waals surface area contributed by atoms with E-state index in [1.807, 2.05) is 30.3 Å². The molecule has 1 aliphatic heterocycles. The zero-order valence-corrected chi connectivity index (χ0v) is 16.3. The van der Waals surface area contributed by atoms with Crippen molar-refractivity contribution >= 4 is 6.09 Å². The molecule has 0 radical (unpaired) electrons. The molecule has 1 fully saturated rings. The molecular formula is C23H28N2O3. The lowest BCUT2D eigenvalue weighted by atomic mass is 9.78. The van der Waals surface area contributed by atoms with Gasteiger partial charge in [-0.3, -0.25) is 4.90 Å². The summed E-state index contributed by atoms with van der Waals surface area (Å²) in [7, 11) is 1.74. The molecule has 1 heterocycles. The second-order valence-corrected chi connectivity index (χ2v) is 7.63. The van der Waals surface area contributed by atoms with Gasteiger partial charge in [-0.2, -0.15) is 0 Å². The number of alkyl carbamates (subject to hydrolysis) is 1. The standard InChI is InChI=1S/C23H28N2O3/c1-27-14-13-25-15-20(24-23(26)28-16-17-7-3-2-4-8-17)22-19-10-6-5-9-18(19)11-12-21(22)25/h2-10,20-22H,11-16H2,1H3,(H,24,26)/t20-,21+,22+/m1/s1. The van der Waals surface area contributed by atoms with Gasteiger partial charge in [0.1, 0.15) is 6.61 Å². The lowest BCUT2D eigenvalue weighted by Crippen LogP contribution is -2.41. The fourth-order valence-electron chi connectivity index (χ4n) is 4.69. The van der Waals surface area contributed by atoms with E-state index in [9.17, 15) is 4.79 Å². The number of nitrogens with zero attached hydrogens (tertiary/aromatic N) is 1. The fourth-order valence-corrected chi connectivity index (χ4v) is 4.69. The molecule has 148 valence electrons. The first kappa shape index (κ1) is 19.0. The van der Waals surface area contributed by atoms with E-state index >= 15 is 0 Å². The van der Waals surface area contributed by atoms with E-state index in [1.165, 1.54) is 11.1 Å². The van der Waals surface area contributed by atoms with Gasteiger partial charge in [-0.15, -0.1) is 0 Å². The van der Waals surface area contributed by atoms with E-state index in [0.717, 1.165) is 31.5 Å². The number of fused-ring (bicyclic) bond motifs is 3. The van der Waals surface area contributed by atoms with Crippen molar-refractivity contribution in [3.63, 3.8) is 0 Å². The smallest absolute Gasteiger partial charge is 0.407 e. The highest BCUT2D eigenvalue weighted by Gasteiger charge is 2.45. The van der Waals surface area contributed by atoms with Crippen LogP contribution in [0.4, 0.5) is 4.79 Å². The third-order valence-corrected chi connectivity index (χ3v) is 5.97. The minimum absolute atomic E-state index is 0.0478. The second kappa shape index (κ2) is 8.76. The monoisotopic (exact) mass is 380 g/mol. The molecule has 3 atom stereocenters. The Morgan fingerprint density at radius 1 is 1.14 bits per heavy atom. The molecule has 2 aromatic rings. The number of benzene rings is 2. The zero-order chi connectivity index (χ0) is 19.3. The summed E-state index contributed by atoms with van der Waals surface area (Å²) in [4.78, 5) is 15.0. The molecular weight excluding hydrogens is 352 g/mol. The van der Waals surface area contributed by atoms with Crippen LogP contribution in [0.25, 0.3) is 0 Å². The van der Waals surface area contributed by atoms with Gasteiger partial charge in [-0.1, -0.05) is 54.6 Å². The fraction of sp³-hybridized carbons (Fsp3) is 0.435. The summed E-state index contributed by atoms with van der Waals surface area (Å²) in [5.74, 6) is 0.297. The number of aryl methyl sites for hydroxylation is 1. The molecule has 1 saturated heterocycles. The van der Waals surface area contributed by atoms with Crippen molar-refractivity contribution in [3.05, 3.63) is 71.3 Å². The molecule has 2 aromatic carbocycles. The van der Waals surface area contributed by atoms with Crippen LogP contribution in [0, 0.1) is 0 Å². The molecule has 0 aromatic heterocycles. The number of hydrogen-bond donors (Lipinski definition) is 1. The van der Waals surface area contributed by atoms with Crippen LogP contribution in [0.5, 0.6) is 0 Å². The minimum Gasteiger partial charge on any atom is -0.445 e. The molecule has 0 saturated carbocycles. The summed E-state index contributed by atoms with van der Waals surface area (Å²) in [5.41, 5.74) is 3.76. The number of ether oxygens (including phenoxy) is 2. The highest BCUT2D eigenvalue weighted by Crippen LogP contribution is 2.41. The third-order valence-electron chi connectivity index (χ3n) is 5.97. The van der Waals surface area contributed by atoms with Crippen LogP contribution in [0.15, 0.2) is 54.6 Å². The number of rotatable bonds is 6. The number of nitrogens with one attached hydrogen (secondary N) is 1. The lowest BCUT2D eigenvalue weighted by Gasteiger charge is -2.34. The summed E-state index contributed by atoms with van der Waals surface area (Å²) in [6.07, 6.45) is 1.86. The van der Waals surface area contributed by atoms with Crippen molar-refractivity contribution in [2.75, 3.05) is 26.8 Å². The first-order valence-corrected chi connectivity index (χ1v) is 10.0. The molecule has 0 bridgehead atoms. The van der Waals surface area contributed by atoms with Gasteiger partial charge in [0.05, 0.1) is 12.6 Å². The van der Waals surface area contributed by atoms with E-state index in [0.29, 0.717) is 18.6 Å². The Labute approximate surface area is 166 Å². The van der Waals surface area contributed by atoms with Crippen molar-refractivity contribution in [2.45, 2.75) is 37.5 Å². The molecule has 1 N–H and O–H groups in total. The summed E-state index contributed by atoms with van der Waals surface area (Å²) in [5, 5.41) is 3.15. The average Bonchev–Trinajstić information content (AvgIpc) is 3.09. The van der Waals surface area contributed by atoms with E-state index in [2.05, 4.69) is 34.5 Å². The number of carbonyl (C=O) groups excluding carboxylic acids is 1. The molecule has 0 unspecified atom stereocenters. The Morgan fingerprint density at radius 2 is 1.93 bits per heavy atom. The number of carbonyl (C=O) groups is 1. The van der Waals surface area contributed by atoms with E-state index < -0.39 is 0 Å². The van der Waals surface area contributed by atoms with E-state index in [1.54, 1.807) is 7.11 Å². The predicted octanol–water partition coefficient (Wildman–Crippen LogP) is 3.34. The van der Waals surface area contributed by atoms with Crippen molar-refractivity contribution < 1.29 is 14.3 Å². The highest BCUT2D eigenvalue weighted by molar-refractivity contribution is 5.68. The van der Waals surface area contributed by atoms with Crippen LogP contribution in [0.3, 0.4) is 0 Å². The number of amides is 1. The molecule has 1 amide bonds. The van der Waals surface area contributed by atoms with Crippen molar-refractivity contribution in [3.8, 4) is 0 Å². The summed E-state index contributed by atoms with van der Waals surface area (Å²) in [6, 6.07) is 18.9. The van der Waals surface area contributed by atoms with Crippen molar-refractivity contribution in [1.29, 1.82) is 0 Å². The van der Waals surface area contributed by atoms with Gasteiger partial charge in [0.25, 0.3) is 0 Å². The van der Waals surface area contributed by atoms with Gasteiger partial charge >= 0.3 is 6.09 Å². The SMILES string of the molecule is COCCN1C[C@@H](NC(=O)OCc2ccccc2)[C@@H]2c3ccccc3CC[C@@H]21. The first-order valence-electron chi connectivity index (χ1n) is 10.0. The number of methoxy groups -OCH3 is 1. The quantitative estimate of drug-likeness (QED) is 0.835. The molecule has 0 spiro atoms. The lowest BCUT2D eigenvalue weighted by molar-refractivity contribution is 0.131. The van der Waals surface area contributed by atoms with Crippen LogP contribution in [-0.4, -0.2) is 49.9 Å². The van der Waals surface area contributed by atoms with Gasteiger partial charge in [0.15, 0.2) is 0 Å². The van der Waals surface area contributed by atoms with Gasteiger partial charge < -0.3 is 14.8 Å². The molecule has 1 aliphatic carbocycles. The summed E-state index contributed by atoms with van der Waals surface area (Å²) < 4.78 is 10.8. The Morgan fingerprint density at radius 3 is 2.75 bits per heavy atom. The number of likely N-dealkylation sites (tertiary alicyclic amines) is 1. The molecule has 4 rings (SSSR count). The highest BCUT2D eigenvalue weighted by atomic mass is 16.5. The number of hydrogen-bond acceptors (Lipinski definition) is 4. The Balaban J connectivity index is 1.46.